The predicted octanol–water partition coefficient (Wildman–Crippen LogP) is 3.46. The number of benzene rings is 1. The van der Waals surface area contributed by atoms with Gasteiger partial charge in [0.05, 0.1) is 11.6 Å². The standard InChI is InChI=1S/C15H14ClN3/c1-11(13-4-6-18-7-5-13)19-10-14-3-2-12(9-17)8-15(14)16/h2-8,11,19H,10H2,1H3/t11-/m0/s1. The van der Waals surface area contributed by atoms with Crippen LogP contribution in [0, 0.1) is 11.3 Å². The van der Waals surface area contributed by atoms with Gasteiger partial charge >= 0.3 is 0 Å². The molecule has 1 heterocycles. The van der Waals surface area contributed by atoms with Crippen molar-refractivity contribution in [2.75, 3.05) is 0 Å². The number of aromatic nitrogens is 1. The van der Waals surface area contributed by atoms with E-state index in [-0.39, 0.29) is 6.04 Å². The molecule has 3 nitrogen and oxygen atoms in total. The highest BCUT2D eigenvalue weighted by Gasteiger charge is 2.06. The largest absolute Gasteiger partial charge is 0.306 e. The molecule has 0 aliphatic rings. The van der Waals surface area contributed by atoms with Crippen LogP contribution in [0.5, 0.6) is 0 Å². The molecule has 0 radical (unpaired) electrons. The summed E-state index contributed by atoms with van der Waals surface area (Å²) in [4.78, 5) is 4.00. The summed E-state index contributed by atoms with van der Waals surface area (Å²) in [5, 5.41) is 12.8. The Balaban J connectivity index is 2.01. The minimum atomic E-state index is 0.217. The zero-order valence-electron chi connectivity index (χ0n) is 10.6. The molecule has 4 heteroatoms. The number of rotatable bonds is 4. The van der Waals surface area contributed by atoms with Gasteiger partial charge in [-0.05, 0) is 42.3 Å². The molecule has 0 saturated carbocycles. The van der Waals surface area contributed by atoms with Crippen molar-refractivity contribution >= 4 is 11.6 Å². The maximum absolute atomic E-state index is 8.79. The SMILES string of the molecule is C[C@H](NCc1ccc(C#N)cc1Cl)c1ccncc1. The summed E-state index contributed by atoms with van der Waals surface area (Å²) in [6.45, 7) is 2.75. The van der Waals surface area contributed by atoms with Crippen molar-refractivity contribution in [1.82, 2.24) is 10.3 Å². The smallest absolute Gasteiger partial charge is 0.0992 e. The summed E-state index contributed by atoms with van der Waals surface area (Å²) >= 11 is 6.14. The molecule has 1 atom stereocenters. The molecule has 0 amide bonds. The second-order valence-corrected chi connectivity index (χ2v) is 4.71. The van der Waals surface area contributed by atoms with E-state index in [9.17, 15) is 0 Å². The van der Waals surface area contributed by atoms with E-state index < -0.39 is 0 Å². The van der Waals surface area contributed by atoms with Gasteiger partial charge in [-0.1, -0.05) is 17.7 Å². The quantitative estimate of drug-likeness (QED) is 0.926. The second kappa shape index (κ2) is 6.33. The van der Waals surface area contributed by atoms with Gasteiger partial charge in [-0.2, -0.15) is 5.26 Å². The van der Waals surface area contributed by atoms with E-state index in [2.05, 4.69) is 23.3 Å². The molecular formula is C15H14ClN3. The van der Waals surface area contributed by atoms with Crippen LogP contribution in [0.2, 0.25) is 5.02 Å². The van der Waals surface area contributed by atoms with Crippen molar-refractivity contribution in [2.24, 2.45) is 0 Å². The number of hydrogen-bond donors (Lipinski definition) is 1. The molecule has 0 aliphatic heterocycles. The summed E-state index contributed by atoms with van der Waals surface area (Å²) < 4.78 is 0. The van der Waals surface area contributed by atoms with Crippen LogP contribution in [-0.4, -0.2) is 4.98 Å². The van der Waals surface area contributed by atoms with Gasteiger partial charge in [-0.15, -0.1) is 0 Å². The van der Waals surface area contributed by atoms with E-state index in [1.54, 1.807) is 24.5 Å². The van der Waals surface area contributed by atoms with Gasteiger partial charge in [0.25, 0.3) is 0 Å². The van der Waals surface area contributed by atoms with Crippen LogP contribution in [0.1, 0.15) is 29.7 Å². The van der Waals surface area contributed by atoms with Crippen molar-refractivity contribution in [3.05, 3.63) is 64.4 Å². The van der Waals surface area contributed by atoms with Crippen LogP contribution in [0.15, 0.2) is 42.7 Å². The lowest BCUT2D eigenvalue weighted by Gasteiger charge is -2.14. The minimum absolute atomic E-state index is 0.217. The van der Waals surface area contributed by atoms with Crippen molar-refractivity contribution in [3.63, 3.8) is 0 Å². The molecule has 1 aromatic heterocycles. The highest BCUT2D eigenvalue weighted by molar-refractivity contribution is 6.31. The molecule has 0 aliphatic carbocycles. The average molecular weight is 272 g/mol. The van der Waals surface area contributed by atoms with Gasteiger partial charge in [0.15, 0.2) is 0 Å². The van der Waals surface area contributed by atoms with E-state index >= 15 is 0 Å². The topological polar surface area (TPSA) is 48.7 Å². The van der Waals surface area contributed by atoms with Crippen LogP contribution >= 0.6 is 11.6 Å². The van der Waals surface area contributed by atoms with Crippen LogP contribution in [0.25, 0.3) is 0 Å². The highest BCUT2D eigenvalue weighted by Crippen LogP contribution is 2.19. The normalized spacial score (nSPS) is 11.8. The molecule has 2 aromatic rings. The maximum atomic E-state index is 8.79. The van der Waals surface area contributed by atoms with E-state index in [1.165, 1.54) is 5.56 Å². The Hall–Kier alpha value is -1.89. The molecule has 0 saturated heterocycles. The van der Waals surface area contributed by atoms with Crippen LogP contribution in [0.3, 0.4) is 0 Å². The number of pyridine rings is 1. The monoisotopic (exact) mass is 271 g/mol. The Labute approximate surface area is 117 Å². The van der Waals surface area contributed by atoms with Gasteiger partial charge in [0.1, 0.15) is 0 Å². The summed E-state index contributed by atoms with van der Waals surface area (Å²) in [6.07, 6.45) is 3.56. The molecule has 1 aromatic carbocycles. The molecule has 0 fully saturated rings. The molecule has 0 unspecified atom stereocenters. The summed E-state index contributed by atoms with van der Waals surface area (Å²) in [6, 6.07) is 11.6. The Kier molecular flexibility index (Phi) is 4.51. The summed E-state index contributed by atoms with van der Waals surface area (Å²) in [5.74, 6) is 0. The molecule has 1 N–H and O–H groups in total. The summed E-state index contributed by atoms with van der Waals surface area (Å²) in [7, 11) is 0. The third-order valence-corrected chi connectivity index (χ3v) is 3.34. The van der Waals surface area contributed by atoms with Crippen molar-refractivity contribution < 1.29 is 0 Å². The molecule has 96 valence electrons. The molecular weight excluding hydrogens is 258 g/mol. The van der Waals surface area contributed by atoms with Gasteiger partial charge in [0.2, 0.25) is 0 Å². The highest BCUT2D eigenvalue weighted by atomic mass is 35.5. The Morgan fingerprint density at radius 3 is 2.68 bits per heavy atom. The van der Waals surface area contributed by atoms with E-state index in [1.807, 2.05) is 18.2 Å². The number of nitriles is 1. The van der Waals surface area contributed by atoms with Crippen molar-refractivity contribution in [1.29, 1.82) is 5.26 Å². The summed E-state index contributed by atoms with van der Waals surface area (Å²) in [5.41, 5.74) is 2.75. The lowest BCUT2D eigenvalue weighted by atomic mass is 10.1. The zero-order valence-corrected chi connectivity index (χ0v) is 11.4. The Morgan fingerprint density at radius 1 is 1.32 bits per heavy atom. The number of halogens is 1. The van der Waals surface area contributed by atoms with Gasteiger partial charge in [-0.25, -0.2) is 0 Å². The van der Waals surface area contributed by atoms with Crippen LogP contribution in [-0.2, 0) is 6.54 Å². The predicted molar refractivity (Wildman–Crippen MR) is 75.7 cm³/mol. The van der Waals surface area contributed by atoms with Gasteiger partial charge < -0.3 is 5.32 Å². The number of nitrogens with zero attached hydrogens (tertiary/aromatic N) is 2. The van der Waals surface area contributed by atoms with Crippen LogP contribution in [0.4, 0.5) is 0 Å². The Bertz CT molecular complexity index is 590. The third kappa shape index (κ3) is 3.54. The maximum Gasteiger partial charge on any atom is 0.0992 e. The second-order valence-electron chi connectivity index (χ2n) is 4.30. The molecule has 19 heavy (non-hydrogen) atoms. The molecule has 0 bridgehead atoms. The van der Waals surface area contributed by atoms with E-state index in [0.717, 1.165) is 5.56 Å². The fourth-order valence-electron chi connectivity index (χ4n) is 1.79. The molecule has 2 rings (SSSR count). The first-order valence-electron chi connectivity index (χ1n) is 6.02. The first-order chi connectivity index (χ1) is 9.20. The van der Waals surface area contributed by atoms with Gasteiger partial charge in [-0.3, -0.25) is 4.98 Å². The van der Waals surface area contributed by atoms with Gasteiger partial charge in [0, 0.05) is 30.0 Å². The lowest BCUT2D eigenvalue weighted by Crippen LogP contribution is -2.18. The first-order valence-corrected chi connectivity index (χ1v) is 6.40. The van der Waals surface area contributed by atoms with Crippen molar-refractivity contribution in [3.8, 4) is 6.07 Å². The van der Waals surface area contributed by atoms with Crippen LogP contribution < -0.4 is 5.32 Å². The zero-order chi connectivity index (χ0) is 13.7. The van der Waals surface area contributed by atoms with Crippen molar-refractivity contribution in [2.45, 2.75) is 19.5 Å². The number of hydrogen-bond acceptors (Lipinski definition) is 3. The fourth-order valence-corrected chi connectivity index (χ4v) is 2.04. The lowest BCUT2D eigenvalue weighted by molar-refractivity contribution is 0.574. The average Bonchev–Trinajstić information content (AvgIpc) is 2.46. The minimum Gasteiger partial charge on any atom is -0.306 e. The van der Waals surface area contributed by atoms with E-state index in [4.69, 9.17) is 16.9 Å². The fraction of sp³-hybridized carbons (Fsp3) is 0.200. The number of nitrogens with one attached hydrogen (secondary N) is 1. The van der Waals surface area contributed by atoms with E-state index in [0.29, 0.717) is 17.1 Å². The third-order valence-electron chi connectivity index (χ3n) is 2.99. The first kappa shape index (κ1) is 13.5. The molecule has 0 spiro atoms. The Morgan fingerprint density at radius 2 is 2.05 bits per heavy atom.